The molecule has 0 bridgehead atoms. The van der Waals surface area contributed by atoms with Crippen LogP contribution in [0.4, 0.5) is 11.4 Å². The topological polar surface area (TPSA) is 109 Å². The molecular weight excluding hydrogens is 483 g/mol. The van der Waals surface area contributed by atoms with Crippen molar-refractivity contribution in [3.8, 4) is 0 Å². The maximum absolute atomic E-state index is 13.0. The van der Waals surface area contributed by atoms with E-state index in [1.807, 2.05) is 0 Å². The number of hydrogen-bond donors (Lipinski definition) is 0. The first-order chi connectivity index (χ1) is 16.2. The van der Waals surface area contributed by atoms with Crippen LogP contribution < -0.4 is 9.80 Å². The average Bonchev–Trinajstić information content (AvgIpc) is 3.22. The molecule has 0 aromatic heterocycles. The van der Waals surface area contributed by atoms with Crippen LogP contribution >= 0.6 is 23.2 Å². The first kappa shape index (κ1) is 21.7. The van der Waals surface area contributed by atoms with Crippen LogP contribution in [0.5, 0.6) is 0 Å². The van der Waals surface area contributed by atoms with Crippen LogP contribution in [0.1, 0.15) is 62.1 Å². The van der Waals surface area contributed by atoms with Crippen molar-refractivity contribution in [3.63, 3.8) is 0 Å². The second-order valence-electron chi connectivity index (χ2n) is 7.48. The van der Waals surface area contributed by atoms with E-state index in [9.17, 15) is 28.8 Å². The second kappa shape index (κ2) is 7.72. The highest BCUT2D eigenvalue weighted by Gasteiger charge is 2.40. The van der Waals surface area contributed by atoms with Gasteiger partial charge in [-0.2, -0.15) is 0 Å². The van der Waals surface area contributed by atoms with E-state index in [1.54, 1.807) is 0 Å². The molecule has 0 unspecified atom stereocenters. The normalized spacial score (nSPS) is 14.5. The Morgan fingerprint density at radius 2 is 0.912 bits per heavy atom. The van der Waals surface area contributed by atoms with Crippen LogP contribution in [-0.2, 0) is 0 Å². The molecule has 0 atom stereocenters. The van der Waals surface area contributed by atoms with E-state index in [0.717, 1.165) is 9.80 Å². The minimum atomic E-state index is -0.770. The van der Waals surface area contributed by atoms with E-state index in [1.165, 1.54) is 60.7 Å². The van der Waals surface area contributed by atoms with Gasteiger partial charge in [0.05, 0.1) is 33.6 Å². The largest absolute Gasteiger partial charge is 0.276 e. The Labute approximate surface area is 201 Å². The Morgan fingerprint density at radius 3 is 1.29 bits per heavy atom. The van der Waals surface area contributed by atoms with Gasteiger partial charge in [0.15, 0.2) is 0 Å². The van der Waals surface area contributed by atoms with Crippen LogP contribution in [0.25, 0.3) is 0 Å². The molecule has 0 radical (unpaired) electrons. The molecule has 0 N–H and O–H groups in total. The van der Waals surface area contributed by atoms with E-state index >= 15 is 0 Å². The van der Waals surface area contributed by atoms with Gasteiger partial charge in [-0.15, -0.1) is 0 Å². The van der Waals surface area contributed by atoms with Crippen LogP contribution in [0, 0.1) is 0 Å². The fourth-order valence-corrected chi connectivity index (χ4v) is 4.20. The number of benzene rings is 3. The smallest absolute Gasteiger partial charge is 0.266 e. The highest BCUT2D eigenvalue weighted by molar-refractivity contribution is 6.68. The summed E-state index contributed by atoms with van der Waals surface area (Å²) in [5, 5.41) is -1.54. The SMILES string of the molecule is O=C(Cl)c1ccc2c(c1)C(=O)N(c1cccc(N3C(=O)c4ccc(C(=O)Cl)cc4C3=O)c1)C2=O. The molecule has 2 aliphatic rings. The second-order valence-corrected chi connectivity index (χ2v) is 8.17. The average molecular weight is 493 g/mol. The van der Waals surface area contributed by atoms with Crippen LogP contribution in [0.15, 0.2) is 60.7 Å². The fourth-order valence-electron chi connectivity index (χ4n) is 3.97. The zero-order valence-electron chi connectivity index (χ0n) is 16.9. The molecule has 8 nitrogen and oxygen atoms in total. The third-order valence-corrected chi connectivity index (χ3v) is 6.01. The van der Waals surface area contributed by atoms with Gasteiger partial charge in [0, 0.05) is 11.1 Å². The predicted octanol–water partition coefficient (Wildman–Crippen LogP) is 4.05. The highest BCUT2D eigenvalue weighted by atomic mass is 35.5. The molecule has 3 aromatic rings. The van der Waals surface area contributed by atoms with Gasteiger partial charge in [-0.3, -0.25) is 28.8 Å². The molecule has 2 heterocycles. The number of carbonyl (C=O) groups is 6. The van der Waals surface area contributed by atoms with Crippen molar-refractivity contribution in [1.29, 1.82) is 0 Å². The predicted molar refractivity (Wildman–Crippen MR) is 122 cm³/mol. The molecule has 0 fully saturated rings. The van der Waals surface area contributed by atoms with E-state index in [4.69, 9.17) is 23.2 Å². The molecule has 10 heteroatoms. The number of halogens is 2. The lowest BCUT2D eigenvalue weighted by molar-refractivity contribution is 0.0912. The number of imide groups is 2. The Morgan fingerprint density at radius 1 is 0.529 bits per heavy atom. The maximum Gasteiger partial charge on any atom is 0.266 e. The molecular formula is C24H10Cl2N2O6. The molecule has 5 rings (SSSR count). The van der Waals surface area contributed by atoms with Crippen molar-refractivity contribution >= 4 is 68.7 Å². The summed E-state index contributed by atoms with van der Waals surface area (Å²) in [5.41, 5.74) is 0.594. The van der Waals surface area contributed by atoms with Gasteiger partial charge in [0.2, 0.25) is 0 Å². The number of anilines is 2. The number of amides is 4. The molecule has 2 aliphatic heterocycles. The van der Waals surface area contributed by atoms with Crippen molar-refractivity contribution in [2.75, 3.05) is 9.80 Å². The van der Waals surface area contributed by atoms with Crippen molar-refractivity contribution in [1.82, 2.24) is 0 Å². The van der Waals surface area contributed by atoms with Crippen molar-refractivity contribution in [2.45, 2.75) is 0 Å². The summed E-state index contributed by atoms with van der Waals surface area (Å²) in [6.07, 6.45) is 0. The standard InChI is InChI=1S/C24H10Cl2N2O6/c25-19(29)11-4-6-15-17(8-11)23(33)27(21(15)31)13-2-1-3-14(10-13)28-22(32)16-7-5-12(20(26)30)9-18(16)24(28)34/h1-10H. The Balaban J connectivity index is 1.52. The number of fused-ring (bicyclic) bond motifs is 2. The fraction of sp³-hybridized carbons (Fsp3) is 0. The molecule has 34 heavy (non-hydrogen) atoms. The van der Waals surface area contributed by atoms with Crippen LogP contribution in [-0.4, -0.2) is 34.1 Å². The summed E-state index contributed by atoms with van der Waals surface area (Å²) >= 11 is 11.0. The molecule has 0 saturated carbocycles. The Bertz CT molecular complexity index is 1400. The van der Waals surface area contributed by atoms with E-state index in [0.29, 0.717) is 0 Å². The lowest BCUT2D eigenvalue weighted by atomic mass is 10.1. The van der Waals surface area contributed by atoms with Crippen molar-refractivity contribution in [3.05, 3.63) is 94.0 Å². The Kier molecular flexibility index (Phi) is 4.93. The molecule has 3 aromatic carbocycles. The Hall–Kier alpha value is -4.14. The zero-order valence-corrected chi connectivity index (χ0v) is 18.4. The van der Waals surface area contributed by atoms with Gasteiger partial charge >= 0.3 is 0 Å². The minimum Gasteiger partial charge on any atom is -0.276 e. The summed E-state index contributed by atoms with van der Waals surface area (Å²) in [4.78, 5) is 76.5. The lowest BCUT2D eigenvalue weighted by Gasteiger charge is -2.18. The van der Waals surface area contributed by atoms with Crippen LogP contribution in [0.2, 0.25) is 0 Å². The molecule has 0 saturated heterocycles. The van der Waals surface area contributed by atoms with E-state index in [2.05, 4.69) is 0 Å². The summed E-state index contributed by atoms with van der Waals surface area (Å²) < 4.78 is 0. The van der Waals surface area contributed by atoms with Gasteiger partial charge in [0.25, 0.3) is 34.1 Å². The minimum absolute atomic E-state index is 0.0147. The number of rotatable bonds is 4. The zero-order chi connectivity index (χ0) is 24.3. The van der Waals surface area contributed by atoms with Crippen molar-refractivity contribution < 1.29 is 28.8 Å². The van der Waals surface area contributed by atoms with Crippen LogP contribution in [0.3, 0.4) is 0 Å². The van der Waals surface area contributed by atoms with Gasteiger partial charge < -0.3 is 0 Å². The lowest BCUT2D eigenvalue weighted by Crippen LogP contribution is -2.31. The van der Waals surface area contributed by atoms with Crippen molar-refractivity contribution in [2.24, 2.45) is 0 Å². The van der Waals surface area contributed by atoms with Gasteiger partial charge in [-0.05, 0) is 77.8 Å². The highest BCUT2D eigenvalue weighted by Crippen LogP contribution is 2.34. The van der Waals surface area contributed by atoms with E-state index < -0.39 is 34.1 Å². The maximum atomic E-state index is 13.0. The number of carbonyl (C=O) groups excluding carboxylic acids is 6. The summed E-state index contributed by atoms with van der Waals surface area (Å²) in [6.45, 7) is 0. The first-order valence-corrected chi connectivity index (χ1v) is 10.5. The molecule has 0 aliphatic carbocycles. The summed E-state index contributed by atoms with van der Waals surface area (Å²) in [5.74, 6) is -2.61. The third-order valence-electron chi connectivity index (χ3n) is 5.57. The van der Waals surface area contributed by atoms with Gasteiger partial charge in [-0.1, -0.05) is 6.07 Å². The first-order valence-electron chi connectivity index (χ1n) is 9.74. The number of nitrogens with zero attached hydrogens (tertiary/aromatic N) is 2. The summed E-state index contributed by atoms with van der Waals surface area (Å²) in [6, 6.07) is 13.6. The molecule has 4 amide bonds. The molecule has 166 valence electrons. The van der Waals surface area contributed by atoms with Gasteiger partial charge in [-0.25, -0.2) is 9.80 Å². The summed E-state index contributed by atoms with van der Waals surface area (Å²) in [7, 11) is 0. The third kappa shape index (κ3) is 3.15. The quantitative estimate of drug-likeness (QED) is 0.401. The monoisotopic (exact) mass is 492 g/mol. The number of hydrogen-bond acceptors (Lipinski definition) is 6. The van der Waals surface area contributed by atoms with E-state index in [-0.39, 0.29) is 44.8 Å². The van der Waals surface area contributed by atoms with Gasteiger partial charge in [0.1, 0.15) is 0 Å². The molecule has 0 spiro atoms.